The summed E-state index contributed by atoms with van der Waals surface area (Å²) >= 11 is 0. The lowest BCUT2D eigenvalue weighted by Crippen LogP contribution is -2.32. The SMILES string of the molecule is O=C(OCC(=O)N1CCCC1)c1ccc2c(=O)n3c(nc2c1)CCC3. The zero-order valence-corrected chi connectivity index (χ0v) is 13.9. The lowest BCUT2D eigenvalue weighted by atomic mass is 10.1. The van der Waals surface area contributed by atoms with Crippen molar-refractivity contribution >= 4 is 22.8 Å². The number of carbonyl (C=O) groups is 2. The Labute approximate surface area is 144 Å². The van der Waals surface area contributed by atoms with Gasteiger partial charge in [0.15, 0.2) is 6.61 Å². The minimum Gasteiger partial charge on any atom is -0.452 e. The number of hydrogen-bond acceptors (Lipinski definition) is 5. The van der Waals surface area contributed by atoms with Gasteiger partial charge in [-0.3, -0.25) is 14.2 Å². The first kappa shape index (κ1) is 15.8. The molecule has 0 unspecified atom stereocenters. The van der Waals surface area contributed by atoms with E-state index in [1.165, 1.54) is 0 Å². The van der Waals surface area contributed by atoms with E-state index in [0.29, 0.717) is 23.0 Å². The van der Waals surface area contributed by atoms with Crippen LogP contribution < -0.4 is 5.56 Å². The van der Waals surface area contributed by atoms with Gasteiger partial charge >= 0.3 is 5.97 Å². The average molecular weight is 341 g/mol. The van der Waals surface area contributed by atoms with Crippen molar-refractivity contribution in [1.29, 1.82) is 0 Å². The van der Waals surface area contributed by atoms with Crippen molar-refractivity contribution in [3.8, 4) is 0 Å². The quantitative estimate of drug-likeness (QED) is 0.782. The van der Waals surface area contributed by atoms with Crippen LogP contribution in [0, 0.1) is 0 Å². The molecule has 2 aliphatic rings. The standard InChI is InChI=1S/C18H19N3O4/c22-16(20-7-1-2-8-20)11-25-18(24)12-5-6-13-14(10-12)19-15-4-3-9-21(15)17(13)23/h5-6,10H,1-4,7-9,11H2. The van der Waals surface area contributed by atoms with Crippen LogP contribution in [0.1, 0.15) is 35.4 Å². The number of amides is 1. The number of aryl methyl sites for hydroxylation is 1. The van der Waals surface area contributed by atoms with Crippen LogP contribution in [0.5, 0.6) is 0 Å². The predicted octanol–water partition coefficient (Wildman–Crippen LogP) is 1.12. The second kappa shape index (κ2) is 6.31. The Kier molecular flexibility index (Phi) is 3.99. The fourth-order valence-electron chi connectivity index (χ4n) is 3.48. The molecule has 0 spiro atoms. The second-order valence-corrected chi connectivity index (χ2v) is 6.48. The van der Waals surface area contributed by atoms with Crippen LogP contribution in [0.4, 0.5) is 0 Å². The van der Waals surface area contributed by atoms with Crippen molar-refractivity contribution in [2.45, 2.75) is 32.2 Å². The van der Waals surface area contributed by atoms with Gasteiger partial charge in [0.1, 0.15) is 5.82 Å². The summed E-state index contributed by atoms with van der Waals surface area (Å²) < 4.78 is 6.82. The molecule has 25 heavy (non-hydrogen) atoms. The first-order valence-electron chi connectivity index (χ1n) is 8.62. The molecule has 1 saturated heterocycles. The average Bonchev–Trinajstić information content (AvgIpc) is 3.30. The molecule has 3 heterocycles. The minimum absolute atomic E-state index is 0.0679. The van der Waals surface area contributed by atoms with Crippen LogP contribution in [0.2, 0.25) is 0 Å². The molecule has 0 bridgehead atoms. The van der Waals surface area contributed by atoms with Gasteiger partial charge in [0.2, 0.25) is 0 Å². The molecule has 0 atom stereocenters. The minimum atomic E-state index is -0.572. The van der Waals surface area contributed by atoms with Gasteiger partial charge in [0.05, 0.1) is 16.5 Å². The summed E-state index contributed by atoms with van der Waals surface area (Å²) in [4.78, 5) is 42.8. The summed E-state index contributed by atoms with van der Waals surface area (Å²) in [5.41, 5.74) is 0.733. The molecule has 0 N–H and O–H groups in total. The lowest BCUT2D eigenvalue weighted by Gasteiger charge is -2.15. The number of benzene rings is 1. The summed E-state index contributed by atoms with van der Waals surface area (Å²) in [5.74, 6) is 0.0184. The van der Waals surface area contributed by atoms with Crippen molar-refractivity contribution in [3.63, 3.8) is 0 Å². The maximum atomic E-state index is 12.4. The number of ether oxygens (including phenoxy) is 1. The molecule has 7 nitrogen and oxygen atoms in total. The Morgan fingerprint density at radius 2 is 1.92 bits per heavy atom. The van der Waals surface area contributed by atoms with Gasteiger partial charge in [-0.2, -0.15) is 0 Å². The van der Waals surface area contributed by atoms with Crippen molar-refractivity contribution in [1.82, 2.24) is 14.5 Å². The number of esters is 1. The molecule has 1 aromatic carbocycles. The van der Waals surface area contributed by atoms with Crippen molar-refractivity contribution in [2.75, 3.05) is 19.7 Å². The fourth-order valence-corrected chi connectivity index (χ4v) is 3.48. The summed E-state index contributed by atoms with van der Waals surface area (Å²) in [5, 5.41) is 0.496. The van der Waals surface area contributed by atoms with Gasteiger partial charge in [0.25, 0.3) is 11.5 Å². The number of fused-ring (bicyclic) bond motifs is 2. The Morgan fingerprint density at radius 1 is 1.12 bits per heavy atom. The van der Waals surface area contributed by atoms with Gasteiger partial charge in [-0.15, -0.1) is 0 Å². The maximum Gasteiger partial charge on any atom is 0.338 e. The molecule has 1 aromatic heterocycles. The fraction of sp³-hybridized carbons (Fsp3) is 0.444. The number of carbonyl (C=O) groups excluding carboxylic acids is 2. The molecular formula is C18H19N3O4. The van der Waals surface area contributed by atoms with E-state index in [1.807, 2.05) is 0 Å². The molecule has 4 rings (SSSR count). The number of hydrogen-bond donors (Lipinski definition) is 0. The van der Waals surface area contributed by atoms with Crippen LogP contribution in [-0.2, 0) is 22.5 Å². The third-order valence-electron chi connectivity index (χ3n) is 4.84. The molecular weight excluding hydrogens is 322 g/mol. The monoisotopic (exact) mass is 341 g/mol. The van der Waals surface area contributed by atoms with E-state index in [1.54, 1.807) is 27.7 Å². The van der Waals surface area contributed by atoms with Gasteiger partial charge in [-0.25, -0.2) is 9.78 Å². The molecule has 0 radical (unpaired) electrons. The van der Waals surface area contributed by atoms with E-state index in [4.69, 9.17) is 4.74 Å². The second-order valence-electron chi connectivity index (χ2n) is 6.48. The number of nitrogens with zero attached hydrogens (tertiary/aromatic N) is 3. The molecule has 130 valence electrons. The Balaban J connectivity index is 1.53. The Hall–Kier alpha value is -2.70. The normalized spacial score (nSPS) is 16.2. The smallest absolute Gasteiger partial charge is 0.338 e. The van der Waals surface area contributed by atoms with E-state index in [9.17, 15) is 14.4 Å². The summed E-state index contributed by atoms with van der Waals surface area (Å²) in [6, 6.07) is 4.73. The maximum absolute atomic E-state index is 12.4. The lowest BCUT2D eigenvalue weighted by molar-refractivity contribution is -0.133. The predicted molar refractivity (Wildman–Crippen MR) is 90.4 cm³/mol. The number of rotatable bonds is 3. The highest BCUT2D eigenvalue weighted by molar-refractivity contribution is 5.95. The van der Waals surface area contributed by atoms with Crippen LogP contribution in [0.25, 0.3) is 10.9 Å². The number of aromatic nitrogens is 2. The van der Waals surface area contributed by atoms with Gasteiger partial charge in [-0.1, -0.05) is 0 Å². The van der Waals surface area contributed by atoms with E-state index in [-0.39, 0.29) is 18.1 Å². The molecule has 0 saturated carbocycles. The Bertz CT molecular complexity index is 912. The van der Waals surface area contributed by atoms with E-state index in [2.05, 4.69) is 4.98 Å². The molecule has 1 amide bonds. The van der Waals surface area contributed by atoms with Crippen molar-refractivity contribution in [2.24, 2.45) is 0 Å². The molecule has 2 aromatic rings. The molecule has 0 aliphatic carbocycles. The van der Waals surface area contributed by atoms with E-state index >= 15 is 0 Å². The topological polar surface area (TPSA) is 81.5 Å². The van der Waals surface area contributed by atoms with Gasteiger partial charge < -0.3 is 9.64 Å². The number of likely N-dealkylation sites (tertiary alicyclic amines) is 1. The summed E-state index contributed by atoms with van der Waals surface area (Å²) in [7, 11) is 0. The van der Waals surface area contributed by atoms with Crippen LogP contribution in [-0.4, -0.2) is 46.0 Å². The van der Waals surface area contributed by atoms with Crippen molar-refractivity contribution < 1.29 is 14.3 Å². The zero-order valence-electron chi connectivity index (χ0n) is 13.9. The van der Waals surface area contributed by atoms with E-state index < -0.39 is 5.97 Å². The molecule has 2 aliphatic heterocycles. The van der Waals surface area contributed by atoms with Gasteiger partial charge in [0, 0.05) is 26.1 Å². The van der Waals surface area contributed by atoms with Crippen LogP contribution >= 0.6 is 0 Å². The van der Waals surface area contributed by atoms with Gasteiger partial charge in [-0.05, 0) is 37.5 Å². The highest BCUT2D eigenvalue weighted by Crippen LogP contribution is 2.17. The van der Waals surface area contributed by atoms with Crippen molar-refractivity contribution in [3.05, 3.63) is 39.9 Å². The summed E-state index contributed by atoms with van der Waals surface area (Å²) in [6.45, 7) is 1.90. The first-order valence-corrected chi connectivity index (χ1v) is 8.62. The highest BCUT2D eigenvalue weighted by Gasteiger charge is 2.21. The third-order valence-corrected chi connectivity index (χ3v) is 4.84. The Morgan fingerprint density at radius 3 is 2.72 bits per heavy atom. The highest BCUT2D eigenvalue weighted by atomic mass is 16.5. The van der Waals surface area contributed by atoms with Crippen LogP contribution in [0.15, 0.2) is 23.0 Å². The zero-order chi connectivity index (χ0) is 17.4. The molecule has 7 heteroatoms. The van der Waals surface area contributed by atoms with Crippen LogP contribution in [0.3, 0.4) is 0 Å². The van der Waals surface area contributed by atoms with E-state index in [0.717, 1.165) is 44.6 Å². The first-order chi connectivity index (χ1) is 12.1. The largest absolute Gasteiger partial charge is 0.452 e. The third kappa shape index (κ3) is 2.90. The summed E-state index contributed by atoms with van der Waals surface area (Å²) in [6.07, 6.45) is 3.67. The molecule has 1 fully saturated rings.